The number of benzene rings is 1. The molecule has 9 heteroatoms. The molecule has 8 nitrogen and oxygen atoms in total. The molecule has 148 valence electrons. The summed E-state index contributed by atoms with van der Waals surface area (Å²) in [6.45, 7) is 2.73. The number of aromatic nitrogens is 5. The van der Waals surface area contributed by atoms with E-state index in [1.54, 1.807) is 0 Å². The van der Waals surface area contributed by atoms with Crippen molar-refractivity contribution >= 4 is 22.6 Å². The zero-order valence-electron chi connectivity index (χ0n) is 15.9. The fraction of sp³-hybridized carbons (Fsp3) is 0.200. The van der Waals surface area contributed by atoms with E-state index >= 15 is 0 Å². The van der Waals surface area contributed by atoms with Crippen LogP contribution in [0.15, 0.2) is 43.0 Å². The third kappa shape index (κ3) is 4.13. The van der Waals surface area contributed by atoms with Crippen molar-refractivity contribution in [1.82, 2.24) is 30.2 Å². The van der Waals surface area contributed by atoms with Crippen LogP contribution in [0.1, 0.15) is 18.2 Å². The molecule has 0 saturated carbocycles. The minimum absolute atomic E-state index is 0.106. The second kappa shape index (κ2) is 8.42. The Bertz CT molecular complexity index is 1130. The molecule has 0 spiro atoms. The zero-order valence-corrected chi connectivity index (χ0v) is 16.7. The van der Waals surface area contributed by atoms with Crippen molar-refractivity contribution in [3.05, 3.63) is 59.3 Å². The normalized spacial score (nSPS) is 11.0. The molecule has 0 radical (unpaired) electrons. The van der Waals surface area contributed by atoms with Gasteiger partial charge >= 0.3 is 6.01 Å². The number of H-pyrrole nitrogens is 1. The summed E-state index contributed by atoms with van der Waals surface area (Å²) >= 11 is 6.56. The van der Waals surface area contributed by atoms with Crippen molar-refractivity contribution in [2.45, 2.75) is 19.9 Å². The Hall–Kier alpha value is -3.23. The van der Waals surface area contributed by atoms with Crippen molar-refractivity contribution in [2.75, 3.05) is 7.05 Å². The number of hydrogen-bond acceptors (Lipinski definition) is 7. The Morgan fingerprint density at radius 1 is 1.10 bits per heavy atom. The van der Waals surface area contributed by atoms with Crippen molar-refractivity contribution < 1.29 is 9.47 Å². The number of nitrogens with zero attached hydrogens (tertiary/aromatic N) is 4. The first-order chi connectivity index (χ1) is 14.2. The molecule has 0 unspecified atom stereocenters. The third-order valence-corrected chi connectivity index (χ3v) is 4.62. The van der Waals surface area contributed by atoms with Crippen LogP contribution in [-0.4, -0.2) is 32.0 Å². The van der Waals surface area contributed by atoms with E-state index in [0.29, 0.717) is 33.4 Å². The van der Waals surface area contributed by atoms with Gasteiger partial charge in [0.15, 0.2) is 5.75 Å². The summed E-state index contributed by atoms with van der Waals surface area (Å²) in [5.41, 5.74) is 2.47. The molecule has 2 N–H and O–H groups in total. The van der Waals surface area contributed by atoms with Gasteiger partial charge in [-0.15, -0.1) is 0 Å². The summed E-state index contributed by atoms with van der Waals surface area (Å²) in [5, 5.41) is 4.27. The van der Waals surface area contributed by atoms with E-state index in [2.05, 4.69) is 30.2 Å². The summed E-state index contributed by atoms with van der Waals surface area (Å²) in [7, 11) is 1.89. The fourth-order valence-electron chi connectivity index (χ4n) is 2.90. The van der Waals surface area contributed by atoms with E-state index in [1.165, 1.54) is 18.7 Å². The number of rotatable bonds is 7. The minimum Gasteiger partial charge on any atom is -0.438 e. The van der Waals surface area contributed by atoms with Crippen LogP contribution < -0.4 is 14.8 Å². The van der Waals surface area contributed by atoms with Gasteiger partial charge in [-0.2, -0.15) is 9.97 Å². The maximum absolute atomic E-state index is 6.56. The first-order valence-corrected chi connectivity index (χ1v) is 9.48. The highest BCUT2D eigenvalue weighted by atomic mass is 35.5. The minimum atomic E-state index is 0.106. The zero-order chi connectivity index (χ0) is 20.2. The lowest BCUT2D eigenvalue weighted by atomic mass is 10.2. The summed E-state index contributed by atoms with van der Waals surface area (Å²) in [4.78, 5) is 20.0. The van der Waals surface area contributed by atoms with Gasteiger partial charge in [-0.3, -0.25) is 0 Å². The first kappa shape index (κ1) is 19.1. The average Bonchev–Trinajstić information content (AvgIpc) is 3.05. The highest BCUT2D eigenvalue weighted by molar-refractivity contribution is 6.36. The van der Waals surface area contributed by atoms with Crippen LogP contribution in [0.5, 0.6) is 23.4 Å². The molecule has 0 fully saturated rings. The van der Waals surface area contributed by atoms with E-state index in [-0.39, 0.29) is 6.01 Å². The standard InChI is InChI=1S/C20H19ClN6O2/c1-3-15-17(21)16-18(25-15)26-20(29-14-9-23-11-24-10-14)27-19(16)28-13-6-4-5-12(7-13)8-22-2/h4-7,9-11,22H,3,8H2,1-2H3,(H,25,26,27). The lowest BCUT2D eigenvalue weighted by Crippen LogP contribution is -2.04. The van der Waals surface area contributed by atoms with Crippen LogP contribution in [-0.2, 0) is 13.0 Å². The van der Waals surface area contributed by atoms with E-state index in [4.69, 9.17) is 21.1 Å². The van der Waals surface area contributed by atoms with E-state index in [9.17, 15) is 0 Å². The molecule has 29 heavy (non-hydrogen) atoms. The largest absolute Gasteiger partial charge is 0.438 e. The van der Waals surface area contributed by atoms with Gasteiger partial charge in [0.2, 0.25) is 5.88 Å². The van der Waals surface area contributed by atoms with Crippen LogP contribution in [0, 0.1) is 0 Å². The van der Waals surface area contributed by atoms with Crippen molar-refractivity contribution in [1.29, 1.82) is 0 Å². The Labute approximate surface area is 172 Å². The van der Waals surface area contributed by atoms with Crippen LogP contribution >= 0.6 is 11.6 Å². The maximum atomic E-state index is 6.56. The summed E-state index contributed by atoms with van der Waals surface area (Å²) < 4.78 is 11.8. The molecule has 0 aliphatic carbocycles. The molecule has 0 atom stereocenters. The van der Waals surface area contributed by atoms with Crippen LogP contribution in [0.2, 0.25) is 5.02 Å². The van der Waals surface area contributed by atoms with Crippen molar-refractivity contribution in [3.8, 4) is 23.4 Å². The van der Waals surface area contributed by atoms with Gasteiger partial charge < -0.3 is 19.8 Å². The molecular formula is C20H19ClN6O2. The molecule has 4 rings (SSSR count). The highest BCUT2D eigenvalue weighted by Gasteiger charge is 2.19. The topological polar surface area (TPSA) is 97.8 Å². The number of halogens is 1. The maximum Gasteiger partial charge on any atom is 0.327 e. The number of fused-ring (bicyclic) bond motifs is 1. The van der Waals surface area contributed by atoms with Gasteiger partial charge in [0.1, 0.15) is 23.1 Å². The number of nitrogens with one attached hydrogen (secondary N) is 2. The lowest BCUT2D eigenvalue weighted by molar-refractivity contribution is 0.414. The van der Waals surface area contributed by atoms with E-state index in [0.717, 1.165) is 24.2 Å². The SMILES string of the molecule is CCc1[nH]c2nc(Oc3cncnc3)nc(Oc3cccc(CNC)c3)c2c1Cl. The summed E-state index contributed by atoms with van der Waals surface area (Å²) in [6.07, 6.45) is 5.19. The Balaban J connectivity index is 1.77. The molecule has 3 heterocycles. The Kier molecular flexibility index (Phi) is 5.55. The van der Waals surface area contributed by atoms with Gasteiger partial charge in [0, 0.05) is 12.2 Å². The highest BCUT2D eigenvalue weighted by Crippen LogP contribution is 2.37. The van der Waals surface area contributed by atoms with Crippen molar-refractivity contribution in [3.63, 3.8) is 0 Å². The summed E-state index contributed by atoms with van der Waals surface area (Å²) in [6, 6.07) is 7.85. The van der Waals surface area contributed by atoms with Gasteiger partial charge in [0.25, 0.3) is 0 Å². The second-order valence-corrected chi connectivity index (χ2v) is 6.64. The molecule has 0 amide bonds. The smallest absolute Gasteiger partial charge is 0.327 e. The molecule has 1 aromatic carbocycles. The number of ether oxygens (including phenoxy) is 2. The number of aromatic amines is 1. The van der Waals surface area contributed by atoms with Crippen LogP contribution in [0.25, 0.3) is 11.0 Å². The van der Waals surface area contributed by atoms with Gasteiger partial charge in [-0.25, -0.2) is 9.97 Å². The third-order valence-electron chi connectivity index (χ3n) is 4.20. The monoisotopic (exact) mass is 410 g/mol. The molecular weight excluding hydrogens is 392 g/mol. The number of hydrogen-bond donors (Lipinski definition) is 2. The summed E-state index contributed by atoms with van der Waals surface area (Å²) in [5.74, 6) is 1.37. The predicted molar refractivity (Wildman–Crippen MR) is 110 cm³/mol. The fourth-order valence-corrected chi connectivity index (χ4v) is 3.25. The van der Waals surface area contributed by atoms with Gasteiger partial charge in [-0.1, -0.05) is 30.7 Å². The Morgan fingerprint density at radius 2 is 1.93 bits per heavy atom. The second-order valence-electron chi connectivity index (χ2n) is 6.26. The first-order valence-electron chi connectivity index (χ1n) is 9.10. The van der Waals surface area contributed by atoms with E-state index in [1.807, 2.05) is 38.2 Å². The van der Waals surface area contributed by atoms with Crippen LogP contribution in [0.4, 0.5) is 0 Å². The van der Waals surface area contributed by atoms with Crippen LogP contribution in [0.3, 0.4) is 0 Å². The van der Waals surface area contributed by atoms with Gasteiger partial charge in [0.05, 0.1) is 17.4 Å². The lowest BCUT2D eigenvalue weighted by Gasteiger charge is -2.10. The predicted octanol–water partition coefficient (Wildman–Crippen LogP) is 4.27. The molecule has 4 aromatic rings. The molecule has 0 aliphatic rings. The molecule has 3 aromatic heterocycles. The number of aryl methyl sites for hydroxylation is 1. The van der Waals surface area contributed by atoms with Crippen molar-refractivity contribution in [2.24, 2.45) is 0 Å². The van der Waals surface area contributed by atoms with Gasteiger partial charge in [-0.05, 0) is 31.2 Å². The average molecular weight is 411 g/mol. The van der Waals surface area contributed by atoms with E-state index < -0.39 is 0 Å². The molecule has 0 saturated heterocycles. The quantitative estimate of drug-likeness (QED) is 0.469. The Morgan fingerprint density at radius 3 is 2.69 bits per heavy atom. The molecule has 0 aliphatic heterocycles. The molecule has 0 bridgehead atoms.